The minimum Gasteiger partial charge on any atom is -0.493 e. The molecule has 3 aromatic rings. The number of hydrogen-bond acceptors (Lipinski definition) is 5. The van der Waals surface area contributed by atoms with E-state index in [0.717, 1.165) is 42.7 Å². The summed E-state index contributed by atoms with van der Waals surface area (Å²) in [5, 5.41) is 4.14. The van der Waals surface area contributed by atoms with Crippen molar-refractivity contribution >= 4 is 11.6 Å². The van der Waals surface area contributed by atoms with Crippen LogP contribution < -0.4 is 9.47 Å². The van der Waals surface area contributed by atoms with Crippen molar-refractivity contribution in [2.45, 2.75) is 64.2 Å². The molecular weight excluding hydrogens is 485 g/mol. The Hall–Kier alpha value is -3.30. The largest absolute Gasteiger partial charge is 0.493 e. The third kappa shape index (κ3) is 4.62. The number of aromatic nitrogens is 3. The maximum Gasteiger partial charge on any atom is 0.433 e. The van der Waals surface area contributed by atoms with Crippen molar-refractivity contribution in [3.63, 3.8) is 0 Å². The van der Waals surface area contributed by atoms with Crippen LogP contribution in [0.5, 0.6) is 11.5 Å². The number of rotatable bonds is 4. The predicted molar refractivity (Wildman–Crippen MR) is 132 cm³/mol. The van der Waals surface area contributed by atoms with Crippen molar-refractivity contribution in [3.05, 3.63) is 41.7 Å². The van der Waals surface area contributed by atoms with E-state index in [1.165, 1.54) is 20.3 Å². The number of halogens is 3. The van der Waals surface area contributed by atoms with Crippen LogP contribution in [-0.2, 0) is 6.18 Å². The molecular formula is C27H31F3N4O3. The second-order valence-corrected chi connectivity index (χ2v) is 10.3. The fraction of sp³-hybridized carbons (Fsp3) is 0.519. The molecule has 37 heavy (non-hydrogen) atoms. The molecule has 2 fully saturated rings. The number of alkyl halides is 3. The van der Waals surface area contributed by atoms with E-state index in [1.807, 2.05) is 11.8 Å². The third-order valence-corrected chi connectivity index (χ3v) is 7.84. The molecule has 5 rings (SSSR count). The summed E-state index contributed by atoms with van der Waals surface area (Å²) in [6, 6.07) is 7.19. The van der Waals surface area contributed by atoms with E-state index >= 15 is 0 Å². The van der Waals surface area contributed by atoms with E-state index in [9.17, 15) is 18.0 Å². The molecule has 198 valence electrons. The number of amides is 1. The molecule has 1 saturated carbocycles. The molecule has 0 unspecified atom stereocenters. The highest BCUT2D eigenvalue weighted by Gasteiger charge is 2.42. The topological polar surface area (TPSA) is 69.0 Å². The van der Waals surface area contributed by atoms with Gasteiger partial charge in [-0.25, -0.2) is 9.50 Å². The van der Waals surface area contributed by atoms with Gasteiger partial charge in [-0.15, -0.1) is 0 Å². The molecule has 10 heteroatoms. The van der Waals surface area contributed by atoms with E-state index in [0.29, 0.717) is 28.9 Å². The zero-order valence-corrected chi connectivity index (χ0v) is 21.4. The molecule has 2 aliphatic rings. The Labute approximate surface area is 213 Å². The second kappa shape index (κ2) is 9.54. The molecule has 7 nitrogen and oxygen atoms in total. The monoisotopic (exact) mass is 516 g/mol. The van der Waals surface area contributed by atoms with E-state index in [1.54, 1.807) is 18.2 Å². The van der Waals surface area contributed by atoms with E-state index < -0.39 is 11.9 Å². The molecule has 0 N–H and O–H groups in total. The fourth-order valence-corrected chi connectivity index (χ4v) is 5.99. The highest BCUT2D eigenvalue weighted by atomic mass is 19.4. The molecule has 3 heterocycles. The molecule has 1 aromatic carbocycles. The van der Waals surface area contributed by atoms with Crippen LogP contribution >= 0.6 is 0 Å². The summed E-state index contributed by atoms with van der Waals surface area (Å²) in [5.74, 6) is 1.53. The van der Waals surface area contributed by atoms with Crippen molar-refractivity contribution in [1.29, 1.82) is 0 Å². The number of hydrogen-bond donors (Lipinski definition) is 0. The quantitative estimate of drug-likeness (QED) is 0.434. The van der Waals surface area contributed by atoms with Gasteiger partial charge in [-0.3, -0.25) is 4.79 Å². The average Bonchev–Trinajstić information content (AvgIpc) is 3.31. The van der Waals surface area contributed by atoms with Gasteiger partial charge in [0.2, 0.25) is 0 Å². The third-order valence-electron chi connectivity index (χ3n) is 7.84. The van der Waals surface area contributed by atoms with Gasteiger partial charge >= 0.3 is 6.18 Å². The summed E-state index contributed by atoms with van der Waals surface area (Å²) in [7, 11) is 2.93. The number of nitrogens with zero attached hydrogens (tertiary/aromatic N) is 4. The maximum absolute atomic E-state index is 14.1. The Morgan fingerprint density at radius 2 is 1.76 bits per heavy atom. The Kier molecular flexibility index (Phi) is 6.53. The zero-order chi connectivity index (χ0) is 26.5. The lowest BCUT2D eigenvalue weighted by molar-refractivity contribution is -0.142. The smallest absolute Gasteiger partial charge is 0.433 e. The van der Waals surface area contributed by atoms with E-state index in [2.05, 4.69) is 17.0 Å². The molecule has 2 aromatic heterocycles. The van der Waals surface area contributed by atoms with Crippen molar-refractivity contribution in [2.24, 2.45) is 11.8 Å². The van der Waals surface area contributed by atoms with Gasteiger partial charge in [-0.2, -0.15) is 18.3 Å². The summed E-state index contributed by atoms with van der Waals surface area (Å²) in [6.07, 6.45) is 0.257. The van der Waals surface area contributed by atoms with Crippen LogP contribution in [0.15, 0.2) is 30.3 Å². The minimum atomic E-state index is -4.71. The highest BCUT2D eigenvalue weighted by Crippen LogP contribution is 2.41. The first kappa shape index (κ1) is 25.4. The molecule has 1 amide bonds. The number of fused-ring (bicyclic) bond motifs is 2. The van der Waals surface area contributed by atoms with Gasteiger partial charge < -0.3 is 14.4 Å². The number of piperidine rings is 1. The van der Waals surface area contributed by atoms with Gasteiger partial charge in [0, 0.05) is 23.7 Å². The summed E-state index contributed by atoms with van der Waals surface area (Å²) < 4.78 is 53.7. The van der Waals surface area contributed by atoms with Crippen LogP contribution in [0.1, 0.15) is 62.1 Å². The van der Waals surface area contributed by atoms with E-state index in [-0.39, 0.29) is 35.0 Å². The summed E-state index contributed by atoms with van der Waals surface area (Å²) in [6.45, 7) is 4.25. The normalized spacial score (nSPS) is 24.1. The summed E-state index contributed by atoms with van der Waals surface area (Å²) >= 11 is 0. The first-order chi connectivity index (χ1) is 17.6. The Morgan fingerprint density at radius 1 is 1.00 bits per heavy atom. The van der Waals surface area contributed by atoms with Gasteiger partial charge in [0.25, 0.3) is 5.91 Å². The molecule has 0 radical (unpaired) electrons. The van der Waals surface area contributed by atoms with Crippen molar-refractivity contribution in [2.75, 3.05) is 14.2 Å². The highest BCUT2D eigenvalue weighted by molar-refractivity contribution is 5.94. The average molecular weight is 517 g/mol. The Morgan fingerprint density at radius 3 is 2.46 bits per heavy atom. The first-order valence-corrected chi connectivity index (χ1v) is 12.6. The minimum absolute atomic E-state index is 0.00402. The maximum atomic E-state index is 14.1. The van der Waals surface area contributed by atoms with Crippen LogP contribution in [0.4, 0.5) is 13.2 Å². The summed E-state index contributed by atoms with van der Waals surface area (Å²) in [4.78, 5) is 20.0. The second-order valence-electron chi connectivity index (χ2n) is 10.3. The lowest BCUT2D eigenvalue weighted by Gasteiger charge is -2.48. The van der Waals surface area contributed by atoms with Gasteiger partial charge in [0.15, 0.2) is 28.5 Å². The number of carbonyl (C=O) groups is 1. The Balaban J connectivity index is 1.57. The summed E-state index contributed by atoms with van der Waals surface area (Å²) in [5.41, 5.74) is -0.552. The lowest BCUT2D eigenvalue weighted by atomic mass is 9.72. The number of methoxy groups -OCH3 is 2. The number of ether oxygens (including phenoxy) is 2. The van der Waals surface area contributed by atoms with Crippen molar-refractivity contribution in [3.8, 4) is 22.8 Å². The van der Waals surface area contributed by atoms with Gasteiger partial charge in [0.05, 0.1) is 19.9 Å². The lowest BCUT2D eigenvalue weighted by Crippen LogP contribution is -2.54. The molecule has 1 aliphatic heterocycles. The number of carbonyl (C=O) groups excluding carboxylic acids is 1. The molecule has 0 spiro atoms. The van der Waals surface area contributed by atoms with E-state index in [4.69, 9.17) is 9.47 Å². The number of likely N-dealkylation sites (tertiary alicyclic amines) is 1. The van der Waals surface area contributed by atoms with Crippen LogP contribution in [0.25, 0.3) is 16.9 Å². The molecule has 0 bridgehead atoms. The van der Waals surface area contributed by atoms with Crippen molar-refractivity contribution in [1.82, 2.24) is 19.5 Å². The number of benzene rings is 1. The SMILES string of the molecule is COc1ccc(-c2cc(C(F)(F)F)n3nc(C(=O)N4[C@H](C)CC[C@@H]5C[C@@H](C)CC[C@@H]54)cc3n2)cc1OC. The standard InChI is InChI=1S/C27H31F3N4O3/c1-15-5-9-21-18(11-15)7-6-16(2)33(21)26(35)20-14-25-31-19(13-24(27(28,29)30)34(25)32-20)17-8-10-22(36-3)23(12-17)37-4/h8,10,12-16,18,21H,5-7,9,11H2,1-4H3/t15-,16+,18+,21-/m0/s1. The Bertz CT molecular complexity index is 1320. The van der Waals surface area contributed by atoms with Crippen LogP contribution in [0, 0.1) is 11.8 Å². The van der Waals surface area contributed by atoms with Crippen molar-refractivity contribution < 1.29 is 27.4 Å². The first-order valence-electron chi connectivity index (χ1n) is 12.6. The van der Waals surface area contributed by atoms with Gasteiger partial charge in [0.1, 0.15) is 0 Å². The van der Waals surface area contributed by atoms with Crippen LogP contribution in [0.3, 0.4) is 0 Å². The molecule has 4 atom stereocenters. The predicted octanol–water partition coefficient (Wildman–Crippen LogP) is 5.86. The molecule has 1 aliphatic carbocycles. The zero-order valence-electron chi connectivity index (χ0n) is 21.4. The van der Waals surface area contributed by atoms with Gasteiger partial charge in [-0.1, -0.05) is 6.92 Å². The van der Waals surface area contributed by atoms with Gasteiger partial charge in [-0.05, 0) is 75.1 Å². The molecule has 1 saturated heterocycles. The fourth-order valence-electron chi connectivity index (χ4n) is 5.99. The van der Waals surface area contributed by atoms with Crippen LogP contribution in [-0.4, -0.2) is 51.7 Å². The van der Waals surface area contributed by atoms with Crippen LogP contribution in [0.2, 0.25) is 0 Å².